The van der Waals surface area contributed by atoms with E-state index in [0.29, 0.717) is 5.56 Å². The first-order valence-corrected chi connectivity index (χ1v) is 10.4. The topological polar surface area (TPSA) is 84.3 Å². The van der Waals surface area contributed by atoms with Crippen LogP contribution in [-0.2, 0) is 13.5 Å². The Hall–Kier alpha value is -3.28. The van der Waals surface area contributed by atoms with E-state index in [1.165, 1.54) is 5.69 Å². The summed E-state index contributed by atoms with van der Waals surface area (Å²) in [5.74, 6) is 0.940. The maximum Gasteiger partial charge on any atom is 0.254 e. The van der Waals surface area contributed by atoms with Gasteiger partial charge in [-0.3, -0.25) is 10.2 Å². The third-order valence-corrected chi connectivity index (χ3v) is 6.16. The van der Waals surface area contributed by atoms with Gasteiger partial charge in [-0.15, -0.1) is 0 Å². The number of carbonyl (C=O) groups is 1. The quantitative estimate of drug-likeness (QED) is 0.485. The standard InChI is InChI=1S/C24H28N4O2/c1-27-20(14-17-5-6-18(23(25)26)15-22(17)27)10-9-19-4-3-13-28(19)24(29)16-7-11-21(30-2)12-8-16/h5-8,11-12,14-15,19H,3-4,9-10,13H2,1-2H3,(H3,25,26). The van der Waals surface area contributed by atoms with E-state index in [1.54, 1.807) is 7.11 Å². The zero-order chi connectivity index (χ0) is 21.3. The molecule has 1 aliphatic heterocycles. The number of carbonyl (C=O) groups excluding carboxylic acids is 1. The zero-order valence-electron chi connectivity index (χ0n) is 17.5. The number of nitrogens with zero attached hydrogens (tertiary/aromatic N) is 2. The van der Waals surface area contributed by atoms with Crippen molar-refractivity contribution >= 4 is 22.6 Å². The fourth-order valence-electron chi connectivity index (χ4n) is 4.41. The number of fused-ring (bicyclic) bond motifs is 1. The van der Waals surface area contributed by atoms with Gasteiger partial charge in [0.2, 0.25) is 0 Å². The first kappa shape index (κ1) is 20.0. The lowest BCUT2D eigenvalue weighted by atomic mass is 10.1. The number of nitrogen functional groups attached to an aromatic ring is 1. The van der Waals surface area contributed by atoms with E-state index in [9.17, 15) is 4.79 Å². The summed E-state index contributed by atoms with van der Waals surface area (Å²) < 4.78 is 7.37. The number of nitrogens with two attached hydrogens (primary N) is 1. The number of hydrogen-bond donors (Lipinski definition) is 2. The number of rotatable bonds is 6. The molecule has 1 aromatic heterocycles. The lowest BCUT2D eigenvalue weighted by Crippen LogP contribution is -2.35. The summed E-state index contributed by atoms with van der Waals surface area (Å²) in [6, 6.07) is 15.7. The SMILES string of the molecule is COc1ccc(C(=O)N2CCCC2CCc2cc3ccc(C(=N)N)cc3n2C)cc1. The summed E-state index contributed by atoms with van der Waals surface area (Å²) in [5, 5.41) is 8.81. The molecule has 3 aromatic rings. The van der Waals surface area contributed by atoms with Crippen molar-refractivity contribution in [3.63, 3.8) is 0 Å². The van der Waals surface area contributed by atoms with Crippen LogP contribution in [-0.4, -0.2) is 40.9 Å². The van der Waals surface area contributed by atoms with Crippen LogP contribution < -0.4 is 10.5 Å². The van der Waals surface area contributed by atoms with Crippen molar-refractivity contribution in [3.8, 4) is 5.75 Å². The number of likely N-dealkylation sites (tertiary alicyclic amines) is 1. The van der Waals surface area contributed by atoms with Crippen LogP contribution in [0.15, 0.2) is 48.5 Å². The molecule has 6 heteroatoms. The highest BCUT2D eigenvalue weighted by Crippen LogP contribution is 2.27. The molecule has 0 spiro atoms. The Morgan fingerprint density at radius 2 is 1.90 bits per heavy atom. The number of ether oxygens (including phenoxy) is 1. The third kappa shape index (κ3) is 3.77. The van der Waals surface area contributed by atoms with Crippen molar-refractivity contribution < 1.29 is 9.53 Å². The molecule has 1 saturated heterocycles. The fraction of sp³-hybridized carbons (Fsp3) is 0.333. The summed E-state index contributed by atoms with van der Waals surface area (Å²) in [4.78, 5) is 15.1. The Bertz CT molecular complexity index is 1080. The zero-order valence-corrected chi connectivity index (χ0v) is 17.5. The average Bonchev–Trinajstić information content (AvgIpc) is 3.36. The smallest absolute Gasteiger partial charge is 0.254 e. The van der Waals surface area contributed by atoms with Gasteiger partial charge in [-0.05, 0) is 67.5 Å². The summed E-state index contributed by atoms with van der Waals surface area (Å²) in [7, 11) is 3.68. The number of nitrogens with one attached hydrogen (secondary N) is 1. The molecule has 156 valence electrons. The van der Waals surface area contributed by atoms with Crippen LogP contribution in [0.3, 0.4) is 0 Å². The van der Waals surface area contributed by atoms with Gasteiger partial charge in [-0.25, -0.2) is 0 Å². The van der Waals surface area contributed by atoms with E-state index < -0.39 is 0 Å². The molecule has 1 unspecified atom stereocenters. The monoisotopic (exact) mass is 404 g/mol. The Balaban J connectivity index is 1.48. The van der Waals surface area contributed by atoms with Crippen molar-refractivity contribution in [3.05, 3.63) is 65.4 Å². The van der Waals surface area contributed by atoms with Crippen LogP contribution in [0.1, 0.15) is 40.9 Å². The number of hydrogen-bond acceptors (Lipinski definition) is 3. The molecular formula is C24H28N4O2. The molecule has 4 rings (SSSR count). The maximum atomic E-state index is 13.0. The number of amides is 1. The van der Waals surface area contributed by atoms with Crippen LogP contribution in [0.2, 0.25) is 0 Å². The molecule has 30 heavy (non-hydrogen) atoms. The second-order valence-electron chi connectivity index (χ2n) is 7.94. The normalized spacial score (nSPS) is 16.2. The second-order valence-corrected chi connectivity index (χ2v) is 7.94. The van der Waals surface area contributed by atoms with E-state index in [-0.39, 0.29) is 17.8 Å². The largest absolute Gasteiger partial charge is 0.497 e. The molecule has 0 aliphatic carbocycles. The van der Waals surface area contributed by atoms with Gasteiger partial charge in [0, 0.05) is 42.0 Å². The summed E-state index contributed by atoms with van der Waals surface area (Å²) in [6.07, 6.45) is 3.92. The summed E-state index contributed by atoms with van der Waals surface area (Å²) in [6.45, 7) is 0.812. The van der Waals surface area contributed by atoms with Crippen LogP contribution in [0.25, 0.3) is 10.9 Å². The van der Waals surface area contributed by atoms with Gasteiger partial charge in [0.1, 0.15) is 11.6 Å². The molecule has 0 bridgehead atoms. The number of aromatic nitrogens is 1. The third-order valence-electron chi connectivity index (χ3n) is 6.16. The molecule has 1 atom stereocenters. The average molecular weight is 405 g/mol. The van der Waals surface area contributed by atoms with Crippen molar-refractivity contribution in [2.45, 2.75) is 31.7 Å². The highest BCUT2D eigenvalue weighted by molar-refractivity contribution is 5.98. The molecule has 6 nitrogen and oxygen atoms in total. The molecule has 0 radical (unpaired) electrons. The molecule has 1 aliphatic rings. The lowest BCUT2D eigenvalue weighted by Gasteiger charge is -2.25. The van der Waals surface area contributed by atoms with Gasteiger partial charge in [0.05, 0.1) is 7.11 Å². The van der Waals surface area contributed by atoms with Crippen molar-refractivity contribution in [2.24, 2.45) is 12.8 Å². The molecule has 2 aromatic carbocycles. The predicted molar refractivity (Wildman–Crippen MR) is 119 cm³/mol. The van der Waals surface area contributed by atoms with Crippen molar-refractivity contribution in [1.82, 2.24) is 9.47 Å². The van der Waals surface area contributed by atoms with Gasteiger partial charge < -0.3 is 19.9 Å². The van der Waals surface area contributed by atoms with E-state index >= 15 is 0 Å². The molecular weight excluding hydrogens is 376 g/mol. The first-order valence-electron chi connectivity index (χ1n) is 10.4. The number of aryl methyl sites for hydroxylation is 2. The van der Waals surface area contributed by atoms with Gasteiger partial charge in [-0.1, -0.05) is 12.1 Å². The molecule has 1 amide bonds. The van der Waals surface area contributed by atoms with Crippen LogP contribution in [0.5, 0.6) is 5.75 Å². The van der Waals surface area contributed by atoms with E-state index in [2.05, 4.69) is 17.7 Å². The van der Waals surface area contributed by atoms with Gasteiger partial charge >= 0.3 is 0 Å². The van der Waals surface area contributed by atoms with E-state index in [1.807, 2.05) is 47.4 Å². The number of benzene rings is 2. The van der Waals surface area contributed by atoms with E-state index in [0.717, 1.165) is 54.4 Å². The number of methoxy groups -OCH3 is 1. The van der Waals surface area contributed by atoms with Crippen molar-refractivity contribution in [1.29, 1.82) is 5.41 Å². The lowest BCUT2D eigenvalue weighted by molar-refractivity contribution is 0.0730. The number of amidine groups is 1. The maximum absolute atomic E-state index is 13.0. The Kier molecular flexibility index (Phi) is 5.48. The molecule has 1 fully saturated rings. The summed E-state index contributed by atoms with van der Waals surface area (Å²) >= 11 is 0. The Morgan fingerprint density at radius 3 is 2.60 bits per heavy atom. The first-order chi connectivity index (χ1) is 14.5. The minimum absolute atomic E-state index is 0.0818. The van der Waals surface area contributed by atoms with Gasteiger partial charge in [-0.2, -0.15) is 0 Å². The van der Waals surface area contributed by atoms with Crippen LogP contribution >= 0.6 is 0 Å². The molecule has 3 N–H and O–H groups in total. The highest BCUT2D eigenvalue weighted by Gasteiger charge is 2.29. The predicted octanol–water partition coefficient (Wildman–Crippen LogP) is 3.71. The van der Waals surface area contributed by atoms with Crippen LogP contribution in [0.4, 0.5) is 0 Å². The molecule has 2 heterocycles. The second kappa shape index (κ2) is 8.22. The fourth-order valence-corrected chi connectivity index (χ4v) is 4.41. The van der Waals surface area contributed by atoms with Crippen molar-refractivity contribution in [2.75, 3.05) is 13.7 Å². The van der Waals surface area contributed by atoms with Gasteiger partial charge in [0.15, 0.2) is 0 Å². The summed E-state index contributed by atoms with van der Waals surface area (Å²) in [5.41, 5.74) is 9.40. The minimum Gasteiger partial charge on any atom is -0.497 e. The minimum atomic E-state index is 0.0818. The Morgan fingerprint density at radius 1 is 1.17 bits per heavy atom. The highest BCUT2D eigenvalue weighted by atomic mass is 16.5. The Labute approximate surface area is 176 Å². The van der Waals surface area contributed by atoms with E-state index in [4.69, 9.17) is 15.9 Å². The van der Waals surface area contributed by atoms with Gasteiger partial charge in [0.25, 0.3) is 5.91 Å². The molecule has 0 saturated carbocycles. The van der Waals surface area contributed by atoms with Crippen LogP contribution in [0, 0.1) is 5.41 Å².